The van der Waals surface area contributed by atoms with Crippen molar-refractivity contribution in [1.29, 1.82) is 0 Å². The lowest BCUT2D eigenvalue weighted by Crippen LogP contribution is -2.27. The second-order valence-corrected chi connectivity index (χ2v) is 5.40. The highest BCUT2D eigenvalue weighted by Crippen LogP contribution is 2.16. The molecule has 0 spiro atoms. The van der Waals surface area contributed by atoms with Gasteiger partial charge in [-0.25, -0.2) is 4.79 Å². The molecule has 0 bridgehead atoms. The van der Waals surface area contributed by atoms with Gasteiger partial charge >= 0.3 is 6.09 Å². The van der Waals surface area contributed by atoms with Crippen molar-refractivity contribution in [2.24, 2.45) is 5.73 Å². The molecule has 1 rings (SSSR count). The van der Waals surface area contributed by atoms with Gasteiger partial charge < -0.3 is 15.2 Å². The number of nitrogens with two attached hydrogens (primary N) is 1. The van der Waals surface area contributed by atoms with Gasteiger partial charge in [0.2, 0.25) is 0 Å². The first-order valence-corrected chi connectivity index (χ1v) is 6.60. The molecule has 3 N–H and O–H groups in total. The van der Waals surface area contributed by atoms with E-state index < -0.39 is 11.7 Å². The van der Waals surface area contributed by atoms with Gasteiger partial charge in [0.15, 0.2) is 0 Å². The molecule has 1 heterocycles. The molecule has 6 heteroatoms. The summed E-state index contributed by atoms with van der Waals surface area (Å²) in [5, 5.41) is 2.63. The Morgan fingerprint density at radius 2 is 2.15 bits per heavy atom. The lowest BCUT2D eigenvalue weighted by Gasteiger charge is -2.20. The van der Waals surface area contributed by atoms with Crippen molar-refractivity contribution in [2.45, 2.75) is 39.3 Å². The topological polar surface area (TPSA) is 86.5 Å². The van der Waals surface area contributed by atoms with Gasteiger partial charge in [0.25, 0.3) is 0 Å². The van der Waals surface area contributed by atoms with Crippen LogP contribution in [0.25, 0.3) is 0 Å². The maximum atomic E-state index is 11.7. The van der Waals surface area contributed by atoms with Crippen LogP contribution in [0.3, 0.4) is 0 Å². The van der Waals surface area contributed by atoms with Crippen molar-refractivity contribution >= 4 is 11.8 Å². The lowest BCUT2D eigenvalue weighted by molar-refractivity contribution is 0.0636. The zero-order valence-electron chi connectivity index (χ0n) is 12.5. The number of pyridine rings is 1. The van der Waals surface area contributed by atoms with Gasteiger partial charge in [-0.15, -0.1) is 0 Å². The van der Waals surface area contributed by atoms with Crippen LogP contribution in [0.1, 0.15) is 39.3 Å². The third kappa shape index (κ3) is 5.99. The Labute approximate surface area is 119 Å². The summed E-state index contributed by atoms with van der Waals surface area (Å²) in [6, 6.07) is 1.49. The van der Waals surface area contributed by atoms with Crippen LogP contribution in [0, 0.1) is 0 Å². The summed E-state index contributed by atoms with van der Waals surface area (Å²) in [6.07, 6.45) is 2.68. The number of nitrogens with zero attached hydrogens (tertiary/aromatic N) is 1. The summed E-state index contributed by atoms with van der Waals surface area (Å²) in [4.78, 5) is 15.7. The molecule has 0 aliphatic rings. The Bertz CT molecular complexity index is 444. The van der Waals surface area contributed by atoms with E-state index in [-0.39, 0.29) is 6.04 Å². The smallest absolute Gasteiger partial charge is 0.412 e. The number of aromatic nitrogens is 1. The SMILES string of the molecule is CCOCC(N)c1cncc(NC(=O)OC(C)(C)C)c1. The van der Waals surface area contributed by atoms with Crippen molar-refractivity contribution in [3.63, 3.8) is 0 Å². The van der Waals surface area contributed by atoms with E-state index in [9.17, 15) is 4.79 Å². The normalized spacial score (nSPS) is 12.8. The van der Waals surface area contributed by atoms with Gasteiger partial charge in [-0.05, 0) is 39.3 Å². The van der Waals surface area contributed by atoms with Gasteiger partial charge in [0, 0.05) is 12.8 Å². The molecule has 0 saturated carbocycles. The summed E-state index contributed by atoms with van der Waals surface area (Å²) in [5.74, 6) is 0. The number of ether oxygens (including phenoxy) is 2. The molecule has 20 heavy (non-hydrogen) atoms. The number of hydrogen-bond acceptors (Lipinski definition) is 5. The third-order valence-corrected chi connectivity index (χ3v) is 2.33. The van der Waals surface area contributed by atoms with E-state index in [2.05, 4.69) is 10.3 Å². The number of hydrogen-bond donors (Lipinski definition) is 2. The summed E-state index contributed by atoms with van der Waals surface area (Å²) < 4.78 is 10.4. The number of carbonyl (C=O) groups excluding carboxylic acids is 1. The summed E-state index contributed by atoms with van der Waals surface area (Å²) in [7, 11) is 0. The molecule has 0 radical (unpaired) electrons. The van der Waals surface area contributed by atoms with Crippen LogP contribution in [0.15, 0.2) is 18.5 Å². The molecule has 112 valence electrons. The number of anilines is 1. The van der Waals surface area contributed by atoms with Crippen LogP contribution in [-0.4, -0.2) is 29.9 Å². The van der Waals surface area contributed by atoms with Gasteiger partial charge in [-0.3, -0.25) is 10.3 Å². The van der Waals surface area contributed by atoms with Crippen molar-refractivity contribution < 1.29 is 14.3 Å². The highest BCUT2D eigenvalue weighted by Gasteiger charge is 2.16. The molecular weight excluding hydrogens is 258 g/mol. The Hall–Kier alpha value is -1.66. The fourth-order valence-corrected chi connectivity index (χ4v) is 1.49. The van der Waals surface area contributed by atoms with Gasteiger partial charge in [-0.1, -0.05) is 0 Å². The van der Waals surface area contributed by atoms with Crippen LogP contribution < -0.4 is 11.1 Å². The second kappa shape index (κ2) is 7.21. The van der Waals surface area contributed by atoms with Crippen molar-refractivity contribution in [3.8, 4) is 0 Å². The standard InChI is InChI=1S/C14H23N3O3/c1-5-19-9-12(15)10-6-11(8-16-7-10)17-13(18)20-14(2,3)4/h6-8,12H,5,9,15H2,1-4H3,(H,17,18). The molecule has 1 unspecified atom stereocenters. The van der Waals surface area contributed by atoms with E-state index in [1.165, 1.54) is 0 Å². The minimum Gasteiger partial charge on any atom is -0.444 e. The fourth-order valence-electron chi connectivity index (χ4n) is 1.49. The van der Waals surface area contributed by atoms with E-state index in [0.717, 1.165) is 5.56 Å². The maximum absolute atomic E-state index is 11.7. The van der Waals surface area contributed by atoms with Crippen molar-refractivity contribution in [3.05, 3.63) is 24.0 Å². The maximum Gasteiger partial charge on any atom is 0.412 e. The average Bonchev–Trinajstić information content (AvgIpc) is 2.33. The third-order valence-electron chi connectivity index (χ3n) is 2.33. The monoisotopic (exact) mass is 281 g/mol. The summed E-state index contributed by atoms with van der Waals surface area (Å²) >= 11 is 0. The molecule has 0 aromatic carbocycles. The molecule has 0 fully saturated rings. The van der Waals surface area contributed by atoms with E-state index >= 15 is 0 Å². The van der Waals surface area contributed by atoms with Crippen LogP contribution in [0.5, 0.6) is 0 Å². The minimum absolute atomic E-state index is 0.275. The number of carbonyl (C=O) groups is 1. The Kier molecular flexibility index (Phi) is 5.91. The van der Waals surface area contributed by atoms with E-state index in [1.54, 1.807) is 39.2 Å². The highest BCUT2D eigenvalue weighted by atomic mass is 16.6. The Morgan fingerprint density at radius 1 is 1.45 bits per heavy atom. The fraction of sp³-hybridized carbons (Fsp3) is 0.571. The molecule has 6 nitrogen and oxygen atoms in total. The lowest BCUT2D eigenvalue weighted by atomic mass is 10.1. The van der Waals surface area contributed by atoms with E-state index in [1.807, 2.05) is 6.92 Å². The predicted molar refractivity (Wildman–Crippen MR) is 77.5 cm³/mol. The first kappa shape index (κ1) is 16.4. The molecule has 1 aromatic heterocycles. The summed E-state index contributed by atoms with van der Waals surface area (Å²) in [5.41, 5.74) is 6.78. The Balaban J connectivity index is 2.66. The van der Waals surface area contributed by atoms with Gasteiger partial charge in [0.1, 0.15) is 5.60 Å². The number of nitrogens with one attached hydrogen (secondary N) is 1. The second-order valence-electron chi connectivity index (χ2n) is 5.40. The molecule has 0 aliphatic heterocycles. The van der Waals surface area contributed by atoms with Crippen LogP contribution in [0.2, 0.25) is 0 Å². The molecule has 1 atom stereocenters. The first-order chi connectivity index (χ1) is 9.31. The minimum atomic E-state index is -0.541. The largest absolute Gasteiger partial charge is 0.444 e. The first-order valence-electron chi connectivity index (χ1n) is 6.60. The van der Waals surface area contributed by atoms with Crippen molar-refractivity contribution in [2.75, 3.05) is 18.5 Å². The van der Waals surface area contributed by atoms with Crippen LogP contribution >= 0.6 is 0 Å². The predicted octanol–water partition coefficient (Wildman–Crippen LogP) is 2.46. The molecule has 0 aliphatic carbocycles. The molecular formula is C14H23N3O3. The van der Waals surface area contributed by atoms with Crippen LogP contribution in [0.4, 0.5) is 10.5 Å². The molecule has 1 amide bonds. The molecule has 1 aromatic rings. The van der Waals surface area contributed by atoms with Gasteiger partial charge in [-0.2, -0.15) is 0 Å². The zero-order chi connectivity index (χ0) is 15.2. The average molecular weight is 281 g/mol. The highest BCUT2D eigenvalue weighted by molar-refractivity contribution is 5.84. The zero-order valence-corrected chi connectivity index (χ0v) is 12.5. The Morgan fingerprint density at radius 3 is 2.75 bits per heavy atom. The van der Waals surface area contributed by atoms with Gasteiger partial charge in [0.05, 0.1) is 24.5 Å². The van der Waals surface area contributed by atoms with Crippen molar-refractivity contribution in [1.82, 2.24) is 4.98 Å². The molecule has 0 saturated heterocycles. The quantitative estimate of drug-likeness (QED) is 0.865. The number of rotatable bonds is 5. The van der Waals surface area contributed by atoms with E-state index in [0.29, 0.717) is 18.9 Å². The summed E-state index contributed by atoms with van der Waals surface area (Å²) in [6.45, 7) is 8.34. The van der Waals surface area contributed by atoms with Crippen LogP contribution in [-0.2, 0) is 9.47 Å². The number of amides is 1. The van der Waals surface area contributed by atoms with E-state index in [4.69, 9.17) is 15.2 Å².